The molecule has 2 aromatic heterocycles. The average molecular weight is 356 g/mol. The molecule has 1 aliphatic carbocycles. The highest BCUT2D eigenvalue weighted by atomic mass is 32.1. The molecule has 1 saturated heterocycles. The van der Waals surface area contributed by atoms with Gasteiger partial charge in [0.05, 0.1) is 10.7 Å². The molecule has 0 aromatic carbocycles. The molecule has 2 aliphatic rings. The van der Waals surface area contributed by atoms with E-state index in [1.807, 2.05) is 29.7 Å². The minimum Gasteiger partial charge on any atom is -0.354 e. The van der Waals surface area contributed by atoms with Crippen LogP contribution >= 0.6 is 11.3 Å². The van der Waals surface area contributed by atoms with E-state index in [1.165, 1.54) is 23.4 Å². The van der Waals surface area contributed by atoms with E-state index in [1.54, 1.807) is 6.20 Å². The molecule has 5 nitrogen and oxygen atoms in total. The van der Waals surface area contributed by atoms with Crippen molar-refractivity contribution < 1.29 is 4.79 Å². The molecule has 0 spiro atoms. The van der Waals surface area contributed by atoms with Gasteiger partial charge in [0.25, 0.3) is 0 Å². The van der Waals surface area contributed by atoms with Gasteiger partial charge in [0.15, 0.2) is 0 Å². The number of hydrogen-bond donors (Lipinski definition) is 1. The van der Waals surface area contributed by atoms with Crippen LogP contribution in [-0.2, 0) is 24.1 Å². The van der Waals surface area contributed by atoms with Gasteiger partial charge in [0.1, 0.15) is 6.04 Å². The molecule has 1 N–H and O–H groups in total. The summed E-state index contributed by atoms with van der Waals surface area (Å²) in [5.41, 5.74) is 2.27. The van der Waals surface area contributed by atoms with Crippen LogP contribution in [-0.4, -0.2) is 40.4 Å². The molecule has 0 radical (unpaired) electrons. The molecule has 1 atom stereocenters. The average Bonchev–Trinajstić information content (AvgIpc) is 3.33. The van der Waals surface area contributed by atoms with Gasteiger partial charge < -0.3 is 5.32 Å². The van der Waals surface area contributed by atoms with E-state index in [0.29, 0.717) is 6.54 Å². The fourth-order valence-corrected chi connectivity index (χ4v) is 4.96. The molecule has 3 heterocycles. The second-order valence-corrected chi connectivity index (χ2v) is 7.97. The van der Waals surface area contributed by atoms with Crippen molar-refractivity contribution in [3.05, 3.63) is 45.7 Å². The molecule has 1 amide bonds. The fraction of sp³-hybridized carbons (Fsp3) is 0.526. The SMILES string of the molecule is O=C(NCCc1nc2c(s1)CCC2)[C@H](c1cccnc1)N1CCCC1. The van der Waals surface area contributed by atoms with Gasteiger partial charge in [-0.1, -0.05) is 6.07 Å². The summed E-state index contributed by atoms with van der Waals surface area (Å²) in [5, 5.41) is 4.29. The molecular weight excluding hydrogens is 332 g/mol. The summed E-state index contributed by atoms with van der Waals surface area (Å²) < 4.78 is 0. The maximum atomic E-state index is 12.9. The minimum atomic E-state index is -0.225. The number of nitrogens with zero attached hydrogens (tertiary/aromatic N) is 3. The third kappa shape index (κ3) is 3.75. The third-order valence-corrected chi connectivity index (χ3v) is 6.25. The lowest BCUT2D eigenvalue weighted by molar-refractivity contribution is -0.126. The van der Waals surface area contributed by atoms with Crippen molar-refractivity contribution in [1.29, 1.82) is 0 Å². The van der Waals surface area contributed by atoms with E-state index in [0.717, 1.165) is 49.3 Å². The van der Waals surface area contributed by atoms with Crippen LogP contribution in [0.2, 0.25) is 0 Å². The number of pyridine rings is 1. The van der Waals surface area contributed by atoms with Gasteiger partial charge in [-0.3, -0.25) is 14.7 Å². The molecule has 1 fully saturated rings. The molecule has 1 aliphatic heterocycles. The van der Waals surface area contributed by atoms with Crippen LogP contribution in [0.15, 0.2) is 24.5 Å². The number of carbonyl (C=O) groups is 1. The normalized spacial score (nSPS) is 18.2. The largest absolute Gasteiger partial charge is 0.354 e. The molecular formula is C19H24N4OS. The third-order valence-electron chi connectivity index (χ3n) is 5.03. The Hall–Kier alpha value is -1.79. The molecule has 2 aromatic rings. The van der Waals surface area contributed by atoms with Gasteiger partial charge in [-0.15, -0.1) is 11.3 Å². The van der Waals surface area contributed by atoms with Crippen LogP contribution < -0.4 is 5.32 Å². The topological polar surface area (TPSA) is 58.1 Å². The molecule has 6 heteroatoms. The first-order valence-corrected chi connectivity index (χ1v) is 10.0. The van der Waals surface area contributed by atoms with Crippen molar-refractivity contribution in [3.63, 3.8) is 0 Å². The van der Waals surface area contributed by atoms with Crippen LogP contribution in [0.4, 0.5) is 0 Å². The smallest absolute Gasteiger partial charge is 0.242 e. The monoisotopic (exact) mass is 356 g/mol. The molecule has 132 valence electrons. The summed E-state index contributed by atoms with van der Waals surface area (Å²) in [7, 11) is 0. The van der Waals surface area contributed by atoms with Crippen LogP contribution in [0.25, 0.3) is 0 Å². The van der Waals surface area contributed by atoms with Crippen molar-refractivity contribution in [2.24, 2.45) is 0 Å². The fourth-order valence-electron chi connectivity index (χ4n) is 3.81. The number of rotatable bonds is 6. The van der Waals surface area contributed by atoms with E-state index in [2.05, 4.69) is 15.2 Å². The Morgan fingerprint density at radius 3 is 2.92 bits per heavy atom. The lowest BCUT2D eigenvalue weighted by Crippen LogP contribution is -2.40. The molecule has 25 heavy (non-hydrogen) atoms. The van der Waals surface area contributed by atoms with Crippen LogP contribution in [0.5, 0.6) is 0 Å². The summed E-state index contributed by atoms with van der Waals surface area (Å²) >= 11 is 1.82. The highest BCUT2D eigenvalue weighted by Crippen LogP contribution is 2.28. The quantitative estimate of drug-likeness (QED) is 0.864. The van der Waals surface area contributed by atoms with Crippen molar-refractivity contribution in [1.82, 2.24) is 20.2 Å². The Morgan fingerprint density at radius 1 is 1.28 bits per heavy atom. The van der Waals surface area contributed by atoms with Crippen molar-refractivity contribution in [2.75, 3.05) is 19.6 Å². The van der Waals surface area contributed by atoms with Gasteiger partial charge in [-0.25, -0.2) is 4.98 Å². The highest BCUT2D eigenvalue weighted by Gasteiger charge is 2.29. The first kappa shape index (κ1) is 16.7. The van der Waals surface area contributed by atoms with Gasteiger partial charge >= 0.3 is 0 Å². The molecule has 0 unspecified atom stereocenters. The zero-order valence-corrected chi connectivity index (χ0v) is 15.2. The number of amides is 1. The number of carbonyl (C=O) groups excluding carboxylic acids is 1. The number of hydrogen-bond acceptors (Lipinski definition) is 5. The lowest BCUT2D eigenvalue weighted by Gasteiger charge is -2.26. The Bertz CT molecular complexity index is 703. The minimum absolute atomic E-state index is 0.0824. The second-order valence-electron chi connectivity index (χ2n) is 6.80. The summed E-state index contributed by atoms with van der Waals surface area (Å²) in [4.78, 5) is 25.5. The summed E-state index contributed by atoms with van der Waals surface area (Å²) in [5.74, 6) is 0.0824. The second kappa shape index (κ2) is 7.62. The maximum absolute atomic E-state index is 12.9. The van der Waals surface area contributed by atoms with E-state index in [-0.39, 0.29) is 11.9 Å². The van der Waals surface area contributed by atoms with Gasteiger partial charge in [0, 0.05) is 30.2 Å². The summed E-state index contributed by atoms with van der Waals surface area (Å²) in [6.45, 7) is 2.61. The van der Waals surface area contributed by atoms with Gasteiger partial charge in [-0.05, 0) is 56.8 Å². The Morgan fingerprint density at radius 2 is 2.16 bits per heavy atom. The molecule has 0 bridgehead atoms. The van der Waals surface area contributed by atoms with Gasteiger partial charge in [-0.2, -0.15) is 0 Å². The van der Waals surface area contributed by atoms with E-state index in [4.69, 9.17) is 4.98 Å². The Balaban J connectivity index is 1.38. The van der Waals surface area contributed by atoms with Crippen molar-refractivity contribution >= 4 is 17.2 Å². The highest BCUT2D eigenvalue weighted by molar-refractivity contribution is 7.11. The van der Waals surface area contributed by atoms with Crippen molar-refractivity contribution in [3.8, 4) is 0 Å². The first-order chi connectivity index (χ1) is 12.3. The van der Waals surface area contributed by atoms with Gasteiger partial charge in [0.2, 0.25) is 5.91 Å². The zero-order valence-electron chi connectivity index (χ0n) is 14.4. The number of nitrogens with one attached hydrogen (secondary N) is 1. The lowest BCUT2D eigenvalue weighted by atomic mass is 10.1. The summed E-state index contributed by atoms with van der Waals surface area (Å²) in [6.07, 6.45) is 10.3. The van der Waals surface area contributed by atoms with Crippen LogP contribution in [0.3, 0.4) is 0 Å². The summed E-state index contributed by atoms with van der Waals surface area (Å²) in [6, 6.07) is 3.68. The number of aryl methyl sites for hydroxylation is 2. The van der Waals surface area contributed by atoms with Crippen LogP contribution in [0.1, 0.15) is 46.4 Å². The van der Waals surface area contributed by atoms with E-state index < -0.39 is 0 Å². The predicted octanol–water partition coefficient (Wildman–Crippen LogP) is 2.52. The zero-order chi connectivity index (χ0) is 17.1. The van der Waals surface area contributed by atoms with Crippen LogP contribution in [0, 0.1) is 0 Å². The van der Waals surface area contributed by atoms with E-state index >= 15 is 0 Å². The number of aromatic nitrogens is 2. The maximum Gasteiger partial charge on any atom is 0.242 e. The first-order valence-electron chi connectivity index (χ1n) is 9.20. The number of fused-ring (bicyclic) bond motifs is 1. The number of thiazole rings is 1. The molecule has 0 saturated carbocycles. The predicted molar refractivity (Wildman–Crippen MR) is 98.6 cm³/mol. The Labute approximate surface area is 152 Å². The van der Waals surface area contributed by atoms with E-state index in [9.17, 15) is 4.79 Å². The Kier molecular flexibility index (Phi) is 5.08. The van der Waals surface area contributed by atoms with Crippen molar-refractivity contribution in [2.45, 2.75) is 44.6 Å². The number of likely N-dealkylation sites (tertiary alicyclic amines) is 1. The standard InChI is InChI=1S/C19H24N4OS/c24-19(21-10-8-17-22-15-6-3-7-16(15)25-17)18(23-11-1-2-12-23)14-5-4-9-20-13-14/h4-5,9,13,18H,1-3,6-8,10-12H2,(H,21,24)/t18-/m0/s1. The molecule has 4 rings (SSSR count).